The molecule has 0 aliphatic carbocycles. The van der Waals surface area contributed by atoms with Gasteiger partial charge in [-0.2, -0.15) is 0 Å². The van der Waals surface area contributed by atoms with Crippen molar-refractivity contribution in [2.75, 3.05) is 0 Å². The van der Waals surface area contributed by atoms with Gasteiger partial charge in [0.25, 0.3) is 0 Å². The van der Waals surface area contributed by atoms with Crippen molar-refractivity contribution in [3.8, 4) is 0 Å². The third kappa shape index (κ3) is 2.80. The molecule has 0 radical (unpaired) electrons. The molecule has 1 rings (SSSR count). The molecule has 0 fully saturated rings. The Kier molecular flexibility index (Phi) is 3.22. The molecule has 0 saturated heterocycles. The Bertz CT molecular complexity index is 317. The monoisotopic (exact) mass is 206 g/mol. The second-order valence-corrected chi connectivity index (χ2v) is 5.07. The minimum Gasteiger partial charge on any atom is -0.322 e. The average molecular weight is 206 g/mol. The molecule has 0 aliphatic heterocycles. The summed E-state index contributed by atoms with van der Waals surface area (Å²) in [4.78, 5) is 0. The Hall–Kier alpha value is -0.860. The normalized spacial score (nSPS) is 16.1. The maximum absolute atomic E-state index is 6.17. The molecule has 0 aromatic heterocycles. The highest BCUT2D eigenvalue weighted by Gasteiger charge is 2.20. The van der Waals surface area contributed by atoms with E-state index in [-0.39, 0.29) is 11.1 Å². The summed E-state index contributed by atoms with van der Waals surface area (Å²) in [5.41, 5.74) is 14.0. The number of nitrogens with two attached hydrogens (primary N) is 2. The molecular weight excluding hydrogens is 184 g/mol. The topological polar surface area (TPSA) is 52.0 Å². The Morgan fingerprint density at radius 2 is 1.33 bits per heavy atom. The molecule has 0 heterocycles. The fourth-order valence-electron chi connectivity index (χ4n) is 1.48. The van der Waals surface area contributed by atoms with Crippen molar-refractivity contribution < 1.29 is 0 Å². The van der Waals surface area contributed by atoms with Gasteiger partial charge in [0.05, 0.1) is 0 Å². The maximum Gasteiger partial charge on any atom is 0.0378 e. The molecule has 1 aromatic rings. The van der Waals surface area contributed by atoms with Crippen LogP contribution in [0.3, 0.4) is 0 Å². The van der Waals surface area contributed by atoms with Crippen molar-refractivity contribution in [2.45, 2.75) is 45.2 Å². The van der Waals surface area contributed by atoms with Gasteiger partial charge in [-0.15, -0.1) is 0 Å². The van der Waals surface area contributed by atoms with Crippen LogP contribution in [0, 0.1) is 0 Å². The quantitative estimate of drug-likeness (QED) is 0.798. The van der Waals surface area contributed by atoms with Crippen LogP contribution in [0.4, 0.5) is 0 Å². The lowest BCUT2D eigenvalue weighted by molar-refractivity contribution is 0.475. The van der Waals surface area contributed by atoms with Crippen LogP contribution in [0.5, 0.6) is 0 Å². The van der Waals surface area contributed by atoms with Crippen LogP contribution in [0.15, 0.2) is 24.3 Å². The highest BCUT2D eigenvalue weighted by Crippen LogP contribution is 2.24. The van der Waals surface area contributed by atoms with Gasteiger partial charge >= 0.3 is 0 Å². The summed E-state index contributed by atoms with van der Waals surface area (Å²) >= 11 is 0. The average Bonchev–Trinajstić information content (AvgIpc) is 2.17. The number of rotatable bonds is 3. The van der Waals surface area contributed by atoms with Crippen LogP contribution < -0.4 is 11.5 Å². The largest absolute Gasteiger partial charge is 0.322 e. The molecular formula is C13H22N2. The first kappa shape index (κ1) is 12.2. The van der Waals surface area contributed by atoms with Gasteiger partial charge in [0.1, 0.15) is 0 Å². The molecule has 4 N–H and O–H groups in total. The third-order valence-electron chi connectivity index (χ3n) is 3.02. The first-order chi connectivity index (χ1) is 6.77. The molecule has 0 aliphatic rings. The van der Waals surface area contributed by atoms with Crippen molar-refractivity contribution in [3.05, 3.63) is 35.4 Å². The molecule has 84 valence electrons. The molecule has 1 atom stereocenters. The van der Waals surface area contributed by atoms with Crippen molar-refractivity contribution in [3.63, 3.8) is 0 Å². The summed E-state index contributed by atoms with van der Waals surface area (Å²) < 4.78 is 0. The Balaban J connectivity index is 3.01. The van der Waals surface area contributed by atoms with E-state index in [1.807, 2.05) is 13.8 Å². The van der Waals surface area contributed by atoms with Gasteiger partial charge in [-0.1, -0.05) is 31.2 Å². The van der Waals surface area contributed by atoms with Gasteiger partial charge in [0.15, 0.2) is 0 Å². The van der Waals surface area contributed by atoms with Crippen LogP contribution in [0.2, 0.25) is 0 Å². The minimum absolute atomic E-state index is 0.239. The standard InChI is InChI=1S/C13H22N2/c1-5-13(4,15)11-8-6-10(7-9-11)12(2,3)14/h6-9H,5,14-15H2,1-4H3. The smallest absolute Gasteiger partial charge is 0.0378 e. The van der Waals surface area contributed by atoms with E-state index in [0.29, 0.717) is 0 Å². The maximum atomic E-state index is 6.17. The fourth-order valence-corrected chi connectivity index (χ4v) is 1.48. The van der Waals surface area contributed by atoms with E-state index in [2.05, 4.69) is 38.1 Å². The van der Waals surface area contributed by atoms with E-state index >= 15 is 0 Å². The summed E-state index contributed by atoms with van der Waals surface area (Å²) in [7, 11) is 0. The highest BCUT2D eigenvalue weighted by molar-refractivity contribution is 5.30. The lowest BCUT2D eigenvalue weighted by Crippen LogP contribution is -2.32. The SMILES string of the molecule is CCC(C)(N)c1ccc(C(C)(C)N)cc1. The van der Waals surface area contributed by atoms with Gasteiger partial charge in [-0.3, -0.25) is 0 Å². The zero-order valence-electron chi connectivity index (χ0n) is 10.2. The molecule has 1 unspecified atom stereocenters. The van der Waals surface area contributed by atoms with E-state index in [9.17, 15) is 0 Å². The molecule has 2 heteroatoms. The zero-order valence-corrected chi connectivity index (χ0v) is 10.2. The Morgan fingerprint density at radius 3 is 1.67 bits per heavy atom. The van der Waals surface area contributed by atoms with Crippen LogP contribution >= 0.6 is 0 Å². The number of hydrogen-bond donors (Lipinski definition) is 2. The predicted molar refractivity (Wildman–Crippen MR) is 65.5 cm³/mol. The van der Waals surface area contributed by atoms with Crippen molar-refractivity contribution in [1.82, 2.24) is 0 Å². The third-order valence-corrected chi connectivity index (χ3v) is 3.02. The fraction of sp³-hybridized carbons (Fsp3) is 0.538. The zero-order chi connectivity index (χ0) is 11.7. The highest BCUT2D eigenvalue weighted by atomic mass is 14.7. The Labute approximate surface area is 92.7 Å². The first-order valence-electron chi connectivity index (χ1n) is 5.46. The van der Waals surface area contributed by atoms with Crippen LogP contribution in [0.1, 0.15) is 45.2 Å². The van der Waals surface area contributed by atoms with E-state index in [1.165, 1.54) is 0 Å². The molecule has 15 heavy (non-hydrogen) atoms. The number of hydrogen-bond acceptors (Lipinski definition) is 2. The summed E-state index contributed by atoms with van der Waals surface area (Å²) in [6.07, 6.45) is 0.929. The Morgan fingerprint density at radius 1 is 0.933 bits per heavy atom. The summed E-state index contributed by atoms with van der Waals surface area (Å²) in [6.45, 7) is 8.16. The van der Waals surface area contributed by atoms with E-state index < -0.39 is 0 Å². The van der Waals surface area contributed by atoms with Gasteiger partial charge in [0.2, 0.25) is 0 Å². The second kappa shape index (κ2) is 3.95. The van der Waals surface area contributed by atoms with Crippen molar-refractivity contribution in [2.24, 2.45) is 11.5 Å². The predicted octanol–water partition coefficient (Wildman–Crippen LogP) is 2.46. The summed E-state index contributed by atoms with van der Waals surface area (Å²) in [5, 5.41) is 0. The molecule has 0 bridgehead atoms. The summed E-state index contributed by atoms with van der Waals surface area (Å²) in [5.74, 6) is 0. The number of benzene rings is 1. The van der Waals surface area contributed by atoms with Crippen LogP contribution in [0.25, 0.3) is 0 Å². The molecule has 0 saturated carbocycles. The van der Waals surface area contributed by atoms with E-state index in [4.69, 9.17) is 11.5 Å². The van der Waals surface area contributed by atoms with Crippen molar-refractivity contribution >= 4 is 0 Å². The van der Waals surface area contributed by atoms with Crippen LogP contribution in [-0.4, -0.2) is 0 Å². The van der Waals surface area contributed by atoms with Gasteiger partial charge in [0, 0.05) is 11.1 Å². The molecule has 1 aromatic carbocycles. The summed E-state index contributed by atoms with van der Waals surface area (Å²) in [6, 6.07) is 8.28. The van der Waals surface area contributed by atoms with Crippen molar-refractivity contribution in [1.29, 1.82) is 0 Å². The van der Waals surface area contributed by atoms with Gasteiger partial charge in [-0.25, -0.2) is 0 Å². The van der Waals surface area contributed by atoms with Gasteiger partial charge in [-0.05, 0) is 38.3 Å². The van der Waals surface area contributed by atoms with Gasteiger partial charge < -0.3 is 11.5 Å². The lowest BCUT2D eigenvalue weighted by atomic mass is 9.87. The first-order valence-corrected chi connectivity index (χ1v) is 5.46. The molecule has 2 nitrogen and oxygen atoms in total. The molecule has 0 amide bonds. The second-order valence-electron chi connectivity index (χ2n) is 5.07. The van der Waals surface area contributed by atoms with Crippen LogP contribution in [-0.2, 0) is 11.1 Å². The van der Waals surface area contributed by atoms with E-state index in [0.717, 1.165) is 17.5 Å². The minimum atomic E-state index is -0.282. The lowest BCUT2D eigenvalue weighted by Gasteiger charge is -2.25. The molecule has 0 spiro atoms. The van der Waals surface area contributed by atoms with E-state index in [1.54, 1.807) is 0 Å².